The second-order valence-corrected chi connectivity index (χ2v) is 20.8. The zero-order chi connectivity index (χ0) is 26.3. The monoisotopic (exact) mass is 694 g/mol. The van der Waals surface area contributed by atoms with Crippen LogP contribution >= 0.6 is 0 Å². The molecule has 0 amide bonds. The average molecular weight is 696 g/mol. The maximum atomic E-state index is 2.99. The van der Waals surface area contributed by atoms with Crippen molar-refractivity contribution in [1.82, 2.24) is 0 Å². The summed E-state index contributed by atoms with van der Waals surface area (Å²) in [4.78, 5) is 0. The maximum Gasteiger partial charge on any atom is 2.00 e. The molecule has 0 aromatic heterocycles. The third-order valence-corrected chi connectivity index (χ3v) is 18.0. The molecule has 4 aromatic rings. The summed E-state index contributed by atoms with van der Waals surface area (Å²) >= 11 is 0. The van der Waals surface area contributed by atoms with Crippen LogP contribution in [0.5, 0.6) is 0 Å². The van der Waals surface area contributed by atoms with E-state index in [1.54, 1.807) is 10.4 Å². The third kappa shape index (κ3) is 9.53. The number of hydrogen-bond acceptors (Lipinski definition) is 0. The Morgan fingerprint density at radius 1 is 0.571 bits per heavy atom. The van der Waals surface area contributed by atoms with Gasteiger partial charge < -0.3 is 24.8 Å². The zero-order valence-electron chi connectivity index (χ0n) is 24.8. The summed E-state index contributed by atoms with van der Waals surface area (Å²) in [6.45, 7) is 5.08. The van der Waals surface area contributed by atoms with Crippen molar-refractivity contribution in [2.45, 2.75) is 63.0 Å². The Kier molecular flexibility index (Phi) is 17.5. The molecule has 0 atom stereocenters. The second-order valence-electron chi connectivity index (χ2n) is 11.5. The average Bonchev–Trinajstić information content (AvgIpc) is 3.74. The van der Waals surface area contributed by atoms with Crippen LogP contribution in [0.25, 0.3) is 21.5 Å². The number of hydrogen-bond donors (Lipinski definition) is 0. The first-order chi connectivity index (χ1) is 18.6. The first-order valence-electron chi connectivity index (χ1n) is 14.3. The molecule has 2 heterocycles. The number of rotatable bonds is 2. The fraction of sp³-hybridized carbons (Fsp3) is 0.278. The van der Waals surface area contributed by atoms with Gasteiger partial charge in [-0.3, -0.25) is 12.2 Å². The molecule has 42 heavy (non-hydrogen) atoms. The van der Waals surface area contributed by atoms with Crippen LogP contribution in [0.2, 0.25) is 37.3 Å². The van der Waals surface area contributed by atoms with Gasteiger partial charge in [-0.25, -0.2) is 24.3 Å². The normalized spacial score (nSPS) is 17.2. The van der Waals surface area contributed by atoms with Gasteiger partial charge in [0, 0.05) is 16.1 Å². The van der Waals surface area contributed by atoms with E-state index in [2.05, 4.69) is 110 Å². The summed E-state index contributed by atoms with van der Waals surface area (Å²) in [5.41, 5.74) is 0. The van der Waals surface area contributed by atoms with E-state index in [-0.39, 0.29) is 68.2 Å². The number of fused-ring (bicyclic) bond motifs is 2. The van der Waals surface area contributed by atoms with Gasteiger partial charge in [-0.05, 0) is 0 Å². The fourth-order valence-corrected chi connectivity index (χ4v) is 12.6. The van der Waals surface area contributed by atoms with E-state index in [1.165, 1.54) is 58.6 Å². The van der Waals surface area contributed by atoms with Crippen molar-refractivity contribution in [3.05, 3.63) is 121 Å². The Labute approximate surface area is 298 Å². The summed E-state index contributed by atoms with van der Waals surface area (Å²) in [6, 6.07) is 33.0. The molecule has 4 aromatic carbocycles. The van der Waals surface area contributed by atoms with Crippen molar-refractivity contribution < 1.29 is 68.2 Å². The number of allylic oxidation sites excluding steroid dienone is 8. The van der Waals surface area contributed by atoms with Crippen LogP contribution in [0.15, 0.2) is 109 Å². The van der Waals surface area contributed by atoms with E-state index < -0.39 is 16.1 Å². The van der Waals surface area contributed by atoms with Crippen molar-refractivity contribution in [2.75, 3.05) is 0 Å². The summed E-state index contributed by atoms with van der Waals surface area (Å²) < 4.78 is 0. The maximum absolute atomic E-state index is 2.99. The van der Waals surface area contributed by atoms with Gasteiger partial charge in [0.1, 0.15) is 0 Å². The van der Waals surface area contributed by atoms with Gasteiger partial charge in [0.25, 0.3) is 0 Å². The minimum absolute atomic E-state index is 0. The molecule has 2 aliphatic carbocycles. The first-order valence-corrected chi connectivity index (χ1v) is 20.2. The number of benzene rings is 2. The molecule has 0 N–H and O–H groups in total. The minimum Gasteiger partial charge on any atom is -1.00 e. The molecule has 0 saturated carbocycles. The van der Waals surface area contributed by atoms with Gasteiger partial charge in [0.15, 0.2) is 0 Å². The topological polar surface area (TPSA) is 0 Å². The summed E-state index contributed by atoms with van der Waals surface area (Å²) in [6.07, 6.45) is 22.9. The molecule has 0 unspecified atom stereocenters. The van der Waals surface area contributed by atoms with Gasteiger partial charge in [0.05, 0.1) is 0 Å². The van der Waals surface area contributed by atoms with E-state index in [1.807, 2.05) is 24.3 Å². The Balaban J connectivity index is 0.000000297. The van der Waals surface area contributed by atoms with Crippen molar-refractivity contribution in [3.63, 3.8) is 0 Å². The van der Waals surface area contributed by atoms with E-state index in [4.69, 9.17) is 0 Å². The van der Waals surface area contributed by atoms with Gasteiger partial charge >= 0.3 is 43.4 Å². The van der Waals surface area contributed by atoms with Gasteiger partial charge in [-0.1, -0.05) is 62.2 Å². The van der Waals surface area contributed by atoms with E-state index in [0.29, 0.717) is 0 Å². The van der Waals surface area contributed by atoms with Gasteiger partial charge in [-0.15, -0.1) is 81.2 Å². The van der Waals surface area contributed by atoms with E-state index in [9.17, 15) is 0 Å². The second kappa shape index (κ2) is 18.8. The molecule has 4 aliphatic rings. The molecular weight excluding hydrogens is 655 g/mol. The number of halogens is 2. The summed E-state index contributed by atoms with van der Waals surface area (Å²) in [5, 5.41) is 9.34. The SMILES string of the molecule is C[Si]1([c-]2ccc3ccccc32)CCC1.C[Si]1([c-]2ccc3ccccc32)CCC1.[C-]1=CC=CC1.[C-]1=CC=CC1.[Cl-].[Cl-].[Ti+2].[Ti+2]. The van der Waals surface area contributed by atoms with Gasteiger partial charge in [-0.2, -0.15) is 36.4 Å². The predicted molar refractivity (Wildman–Crippen MR) is 173 cm³/mol. The standard InChI is InChI=1S/2C13H15Si.2C5H5.2ClH.2Ti/c2*1-14(9-4-10-14)13-8-7-11-5-2-3-6-12(11)13;2*1-2-4-5-3-1;;;;/h2*2-3,5-8H,4,9-10H2,1H3;2*1-3H,4H2;2*1H;;/q4*-1;;;2*+2/p-2. The molecule has 0 radical (unpaired) electrons. The van der Waals surface area contributed by atoms with Crippen LogP contribution in [-0.2, 0) is 43.4 Å². The Morgan fingerprint density at radius 2 is 0.952 bits per heavy atom. The summed E-state index contributed by atoms with van der Waals surface area (Å²) in [5.74, 6) is 0. The molecule has 6 heteroatoms. The molecule has 2 aliphatic heterocycles. The van der Waals surface area contributed by atoms with Crippen LogP contribution in [0.3, 0.4) is 0 Å². The molecule has 2 fully saturated rings. The van der Waals surface area contributed by atoms with Crippen LogP contribution in [0.1, 0.15) is 25.7 Å². The Morgan fingerprint density at radius 3 is 1.21 bits per heavy atom. The summed E-state index contributed by atoms with van der Waals surface area (Å²) in [7, 11) is -1.97. The van der Waals surface area contributed by atoms with Crippen molar-refractivity contribution in [3.8, 4) is 0 Å². The smallest absolute Gasteiger partial charge is 1.00 e. The van der Waals surface area contributed by atoms with E-state index in [0.717, 1.165) is 12.8 Å². The first kappa shape index (κ1) is 39.1. The fourth-order valence-electron chi connectivity index (χ4n) is 5.99. The van der Waals surface area contributed by atoms with Crippen LogP contribution < -0.4 is 35.2 Å². The van der Waals surface area contributed by atoms with Crippen molar-refractivity contribution >= 4 is 48.1 Å². The third-order valence-electron chi connectivity index (χ3n) is 8.75. The molecule has 0 bridgehead atoms. The van der Waals surface area contributed by atoms with Crippen molar-refractivity contribution in [2.24, 2.45) is 0 Å². The molecule has 8 rings (SSSR count). The predicted octanol–water partition coefficient (Wildman–Crippen LogP) is 3.11. The van der Waals surface area contributed by atoms with Crippen LogP contribution in [-0.4, -0.2) is 16.1 Å². The molecule has 0 nitrogen and oxygen atoms in total. The van der Waals surface area contributed by atoms with Crippen LogP contribution in [0, 0.1) is 12.2 Å². The molecule has 2 saturated heterocycles. The Hall–Kier alpha value is -0.938. The quantitative estimate of drug-likeness (QED) is 0.224. The molecule has 216 valence electrons. The largest absolute Gasteiger partial charge is 2.00 e. The molecule has 0 spiro atoms. The Bertz CT molecular complexity index is 1340. The zero-order valence-corrected chi connectivity index (χ0v) is 31.4. The van der Waals surface area contributed by atoms with Crippen molar-refractivity contribution in [1.29, 1.82) is 0 Å². The minimum atomic E-state index is -0.985. The van der Waals surface area contributed by atoms with Crippen LogP contribution in [0.4, 0.5) is 0 Å². The molecular formula is C36H40Cl2Si2Ti2-2. The van der Waals surface area contributed by atoms with Gasteiger partial charge in [0.2, 0.25) is 0 Å². The van der Waals surface area contributed by atoms with E-state index >= 15 is 0 Å².